The SMILES string of the molecule is Cc1cccc2c1C(c1ccccc1)=N/C(=C/c1ccsc1)C(=O)N2. The lowest BCUT2D eigenvalue weighted by Crippen LogP contribution is -2.12. The van der Waals surface area contributed by atoms with Gasteiger partial charge in [-0.15, -0.1) is 0 Å². The average molecular weight is 344 g/mol. The van der Waals surface area contributed by atoms with Gasteiger partial charge in [0, 0.05) is 11.1 Å². The number of aliphatic imine (C=N–C) groups is 1. The predicted octanol–water partition coefficient (Wildman–Crippen LogP) is 4.89. The number of nitrogens with zero attached hydrogens (tertiary/aromatic N) is 1. The van der Waals surface area contributed by atoms with E-state index >= 15 is 0 Å². The lowest BCUT2D eigenvalue weighted by Gasteiger charge is -2.12. The van der Waals surface area contributed by atoms with Crippen molar-refractivity contribution in [3.63, 3.8) is 0 Å². The van der Waals surface area contributed by atoms with E-state index in [1.165, 1.54) is 0 Å². The summed E-state index contributed by atoms with van der Waals surface area (Å²) < 4.78 is 0. The zero-order valence-electron chi connectivity index (χ0n) is 13.7. The summed E-state index contributed by atoms with van der Waals surface area (Å²) in [6.07, 6.45) is 1.83. The molecule has 0 unspecified atom stereocenters. The Kier molecular flexibility index (Phi) is 4.04. The van der Waals surface area contributed by atoms with Gasteiger partial charge in [0.15, 0.2) is 0 Å². The maximum absolute atomic E-state index is 12.7. The van der Waals surface area contributed by atoms with E-state index in [-0.39, 0.29) is 5.91 Å². The third-order valence-corrected chi connectivity index (χ3v) is 4.82. The van der Waals surface area contributed by atoms with Crippen LogP contribution in [0.4, 0.5) is 5.69 Å². The molecule has 0 atom stereocenters. The lowest BCUT2D eigenvalue weighted by molar-refractivity contribution is -0.112. The Morgan fingerprint density at radius 2 is 1.88 bits per heavy atom. The van der Waals surface area contributed by atoms with Crippen molar-refractivity contribution in [1.82, 2.24) is 0 Å². The smallest absolute Gasteiger partial charge is 0.274 e. The van der Waals surface area contributed by atoms with Crippen LogP contribution >= 0.6 is 11.3 Å². The van der Waals surface area contributed by atoms with E-state index in [4.69, 9.17) is 4.99 Å². The number of carbonyl (C=O) groups is 1. The molecule has 0 spiro atoms. The van der Waals surface area contributed by atoms with Crippen LogP contribution in [0.25, 0.3) is 6.08 Å². The predicted molar refractivity (Wildman–Crippen MR) is 104 cm³/mol. The fourth-order valence-electron chi connectivity index (χ4n) is 2.92. The zero-order chi connectivity index (χ0) is 17.2. The summed E-state index contributed by atoms with van der Waals surface area (Å²) >= 11 is 1.60. The molecule has 1 amide bonds. The van der Waals surface area contributed by atoms with Gasteiger partial charge in [0.25, 0.3) is 5.91 Å². The molecule has 0 saturated carbocycles. The minimum absolute atomic E-state index is 0.191. The van der Waals surface area contributed by atoms with E-state index in [1.807, 2.05) is 78.4 Å². The maximum atomic E-state index is 12.7. The van der Waals surface area contributed by atoms with Crippen LogP contribution in [-0.2, 0) is 4.79 Å². The van der Waals surface area contributed by atoms with Crippen LogP contribution in [0.1, 0.15) is 22.3 Å². The normalized spacial score (nSPS) is 15.3. The van der Waals surface area contributed by atoms with E-state index in [0.29, 0.717) is 5.70 Å². The average Bonchev–Trinajstić information content (AvgIpc) is 3.08. The van der Waals surface area contributed by atoms with Gasteiger partial charge in [-0.25, -0.2) is 4.99 Å². The number of benzene rings is 2. The molecule has 122 valence electrons. The topological polar surface area (TPSA) is 41.5 Å². The van der Waals surface area contributed by atoms with Crippen LogP contribution in [0.15, 0.2) is 76.0 Å². The number of hydrogen-bond acceptors (Lipinski definition) is 3. The Morgan fingerprint density at radius 1 is 1.04 bits per heavy atom. The van der Waals surface area contributed by atoms with E-state index in [2.05, 4.69) is 5.32 Å². The van der Waals surface area contributed by atoms with Gasteiger partial charge in [-0.05, 0) is 47.0 Å². The molecule has 3 nitrogen and oxygen atoms in total. The number of thiophene rings is 1. The first kappa shape index (κ1) is 15.5. The Balaban J connectivity index is 1.96. The van der Waals surface area contributed by atoms with Gasteiger partial charge in [-0.1, -0.05) is 42.5 Å². The van der Waals surface area contributed by atoms with Crippen LogP contribution < -0.4 is 5.32 Å². The number of anilines is 1. The monoisotopic (exact) mass is 344 g/mol. The first-order valence-corrected chi connectivity index (χ1v) is 8.96. The minimum Gasteiger partial charge on any atom is -0.320 e. The highest BCUT2D eigenvalue weighted by Gasteiger charge is 2.22. The fourth-order valence-corrected chi connectivity index (χ4v) is 3.54. The number of amides is 1. The van der Waals surface area contributed by atoms with Crippen molar-refractivity contribution in [1.29, 1.82) is 0 Å². The molecule has 4 heteroatoms. The van der Waals surface area contributed by atoms with Crippen LogP contribution in [0, 0.1) is 6.92 Å². The van der Waals surface area contributed by atoms with E-state index in [0.717, 1.165) is 33.7 Å². The first-order valence-electron chi connectivity index (χ1n) is 8.02. The number of fused-ring (bicyclic) bond motifs is 1. The van der Waals surface area contributed by atoms with Crippen LogP contribution in [0.5, 0.6) is 0 Å². The summed E-state index contributed by atoms with van der Waals surface area (Å²) in [4.78, 5) is 17.5. The molecule has 2 heterocycles. The molecule has 4 rings (SSSR count). The molecule has 0 saturated heterocycles. The molecule has 1 aromatic heterocycles. The van der Waals surface area contributed by atoms with Crippen molar-refractivity contribution in [3.8, 4) is 0 Å². The molecule has 1 aliphatic rings. The molecule has 2 aromatic carbocycles. The Labute approximate surface area is 150 Å². The van der Waals surface area contributed by atoms with Crippen LogP contribution in [0.3, 0.4) is 0 Å². The van der Waals surface area contributed by atoms with Crippen molar-refractivity contribution < 1.29 is 4.79 Å². The Hall–Kier alpha value is -2.98. The molecule has 0 fully saturated rings. The number of benzodiazepines with no additional fused rings is 1. The van der Waals surface area contributed by atoms with E-state index < -0.39 is 0 Å². The van der Waals surface area contributed by atoms with Gasteiger partial charge in [-0.2, -0.15) is 11.3 Å². The van der Waals surface area contributed by atoms with Crippen molar-refractivity contribution in [2.45, 2.75) is 6.92 Å². The number of hydrogen-bond donors (Lipinski definition) is 1. The van der Waals surface area contributed by atoms with Crippen molar-refractivity contribution in [2.75, 3.05) is 5.32 Å². The second-order valence-corrected chi connectivity index (χ2v) is 6.64. The number of carbonyl (C=O) groups excluding carboxylic acids is 1. The summed E-state index contributed by atoms with van der Waals surface area (Å²) in [5.74, 6) is -0.191. The quantitative estimate of drug-likeness (QED) is 0.661. The van der Waals surface area contributed by atoms with Crippen molar-refractivity contribution in [3.05, 3.63) is 93.3 Å². The van der Waals surface area contributed by atoms with Crippen LogP contribution in [0.2, 0.25) is 0 Å². The summed E-state index contributed by atoms with van der Waals surface area (Å²) in [5, 5.41) is 7.00. The maximum Gasteiger partial charge on any atom is 0.274 e. The molecular formula is C21H16N2OS. The first-order chi connectivity index (χ1) is 12.2. The molecule has 0 radical (unpaired) electrons. The number of rotatable bonds is 2. The Morgan fingerprint density at radius 3 is 2.64 bits per heavy atom. The molecule has 1 N–H and O–H groups in total. The minimum atomic E-state index is -0.191. The summed E-state index contributed by atoms with van der Waals surface area (Å²) in [6, 6.07) is 17.9. The highest BCUT2D eigenvalue weighted by Crippen LogP contribution is 2.28. The lowest BCUT2D eigenvalue weighted by atomic mass is 9.96. The molecular weight excluding hydrogens is 328 g/mol. The second kappa shape index (κ2) is 6.49. The Bertz CT molecular complexity index is 986. The van der Waals surface area contributed by atoms with Crippen molar-refractivity contribution >= 4 is 34.7 Å². The molecule has 25 heavy (non-hydrogen) atoms. The highest BCUT2D eigenvalue weighted by atomic mass is 32.1. The third kappa shape index (κ3) is 3.04. The van der Waals surface area contributed by atoms with Crippen molar-refractivity contribution in [2.24, 2.45) is 4.99 Å². The van der Waals surface area contributed by atoms with E-state index in [9.17, 15) is 4.79 Å². The second-order valence-electron chi connectivity index (χ2n) is 5.86. The summed E-state index contributed by atoms with van der Waals surface area (Å²) in [7, 11) is 0. The van der Waals surface area contributed by atoms with Gasteiger partial charge in [0.1, 0.15) is 5.70 Å². The standard InChI is InChI=1S/C21H16N2OS/c1-14-6-5-9-17-19(14)20(16-7-3-2-4-8-16)22-18(21(24)23-17)12-15-10-11-25-13-15/h2-13H,1H3,(H,23,24)/b18-12+. The summed E-state index contributed by atoms with van der Waals surface area (Å²) in [6.45, 7) is 2.04. The number of aryl methyl sites for hydroxylation is 1. The molecule has 0 bridgehead atoms. The number of nitrogens with one attached hydrogen (secondary N) is 1. The molecule has 3 aromatic rings. The van der Waals surface area contributed by atoms with Gasteiger partial charge in [0.05, 0.1) is 11.4 Å². The largest absolute Gasteiger partial charge is 0.320 e. The summed E-state index contributed by atoms with van der Waals surface area (Å²) in [5.41, 5.74) is 6.04. The molecule has 1 aliphatic heterocycles. The third-order valence-electron chi connectivity index (χ3n) is 4.12. The van der Waals surface area contributed by atoms with Gasteiger partial charge >= 0.3 is 0 Å². The highest BCUT2D eigenvalue weighted by molar-refractivity contribution is 7.08. The van der Waals surface area contributed by atoms with Crippen LogP contribution in [-0.4, -0.2) is 11.6 Å². The zero-order valence-corrected chi connectivity index (χ0v) is 14.5. The van der Waals surface area contributed by atoms with E-state index in [1.54, 1.807) is 11.3 Å². The molecule has 0 aliphatic carbocycles. The fraction of sp³-hybridized carbons (Fsp3) is 0.0476. The van der Waals surface area contributed by atoms with Gasteiger partial charge < -0.3 is 5.32 Å². The van der Waals surface area contributed by atoms with Gasteiger partial charge in [-0.3, -0.25) is 4.79 Å². The van der Waals surface area contributed by atoms with Gasteiger partial charge in [0.2, 0.25) is 0 Å².